The van der Waals surface area contributed by atoms with E-state index < -0.39 is 11.8 Å². The van der Waals surface area contributed by atoms with E-state index in [-0.39, 0.29) is 6.04 Å². The highest BCUT2D eigenvalue weighted by molar-refractivity contribution is 6.39. The standard InChI is InChI=1S/C24H32N4O3/c1-4-31-21-13-9-19(10-14-21)26-24(30)23(29)25-17-22(28-15-5-6-16-28)18-7-11-20(12-8-18)27(2)3/h7-14,22H,4-6,15-17H2,1-3H3,(H,25,29)(H,26,30)/p+1/t22-/m0/s1. The summed E-state index contributed by atoms with van der Waals surface area (Å²) in [6.07, 6.45) is 2.38. The van der Waals surface area contributed by atoms with Crippen LogP contribution in [0.1, 0.15) is 31.4 Å². The molecule has 1 aliphatic rings. The van der Waals surface area contributed by atoms with Gasteiger partial charge in [0.2, 0.25) is 0 Å². The third-order valence-electron chi connectivity index (χ3n) is 5.65. The molecule has 1 aliphatic heterocycles. The molecule has 0 aliphatic carbocycles. The van der Waals surface area contributed by atoms with Crippen LogP contribution in [0.25, 0.3) is 0 Å². The molecule has 2 aromatic carbocycles. The van der Waals surface area contributed by atoms with Gasteiger partial charge in [0, 0.05) is 43.9 Å². The van der Waals surface area contributed by atoms with Crippen LogP contribution < -0.4 is 25.2 Å². The Bertz CT molecular complexity index is 859. The molecular weight excluding hydrogens is 392 g/mol. The number of hydrogen-bond donors (Lipinski definition) is 3. The Balaban J connectivity index is 1.60. The summed E-state index contributed by atoms with van der Waals surface area (Å²) < 4.78 is 5.39. The quantitative estimate of drug-likeness (QED) is 0.562. The molecule has 0 spiro atoms. The van der Waals surface area contributed by atoms with Crippen LogP contribution in [-0.2, 0) is 9.59 Å². The van der Waals surface area contributed by atoms with Gasteiger partial charge in [-0.3, -0.25) is 9.59 Å². The zero-order valence-electron chi connectivity index (χ0n) is 18.6. The number of ether oxygens (including phenoxy) is 1. The topological polar surface area (TPSA) is 75.1 Å². The van der Waals surface area contributed by atoms with Crippen molar-refractivity contribution in [2.75, 3.05) is 50.6 Å². The van der Waals surface area contributed by atoms with Gasteiger partial charge < -0.3 is 25.2 Å². The van der Waals surface area contributed by atoms with E-state index in [0.717, 1.165) is 24.5 Å². The van der Waals surface area contributed by atoms with E-state index >= 15 is 0 Å². The Labute approximate surface area is 184 Å². The highest BCUT2D eigenvalue weighted by Crippen LogP contribution is 2.17. The van der Waals surface area contributed by atoms with Gasteiger partial charge >= 0.3 is 11.8 Å². The molecule has 0 bridgehead atoms. The lowest BCUT2D eigenvalue weighted by atomic mass is 10.0. The number of likely N-dealkylation sites (tertiary alicyclic amines) is 1. The summed E-state index contributed by atoms with van der Waals surface area (Å²) in [7, 11) is 4.03. The first kappa shape index (κ1) is 22.6. The van der Waals surface area contributed by atoms with Crippen molar-refractivity contribution in [2.45, 2.75) is 25.8 Å². The summed E-state index contributed by atoms with van der Waals surface area (Å²) in [5.74, 6) is -0.564. The first-order valence-corrected chi connectivity index (χ1v) is 10.9. The third-order valence-corrected chi connectivity index (χ3v) is 5.65. The van der Waals surface area contributed by atoms with Crippen molar-refractivity contribution < 1.29 is 19.2 Å². The lowest BCUT2D eigenvalue weighted by molar-refractivity contribution is -0.918. The fourth-order valence-corrected chi connectivity index (χ4v) is 3.94. The number of nitrogens with zero attached hydrogens (tertiary/aromatic N) is 1. The molecule has 0 saturated carbocycles. The summed E-state index contributed by atoms with van der Waals surface area (Å²) in [4.78, 5) is 28.3. The number of benzene rings is 2. The number of carbonyl (C=O) groups is 2. The number of quaternary nitrogens is 1. The maximum Gasteiger partial charge on any atom is 0.313 e. The minimum atomic E-state index is -0.665. The van der Waals surface area contributed by atoms with Crippen LogP contribution in [0.2, 0.25) is 0 Å². The van der Waals surface area contributed by atoms with Crippen LogP contribution in [0.3, 0.4) is 0 Å². The van der Waals surface area contributed by atoms with E-state index in [1.54, 1.807) is 24.3 Å². The smallest absolute Gasteiger partial charge is 0.313 e. The molecule has 31 heavy (non-hydrogen) atoms. The van der Waals surface area contributed by atoms with Gasteiger partial charge in [0.25, 0.3) is 0 Å². The Kier molecular flexibility index (Phi) is 7.89. The molecule has 2 aromatic rings. The Morgan fingerprint density at radius 3 is 2.23 bits per heavy atom. The van der Waals surface area contributed by atoms with Crippen molar-refractivity contribution in [3.63, 3.8) is 0 Å². The lowest BCUT2D eigenvalue weighted by Gasteiger charge is -2.25. The van der Waals surface area contributed by atoms with Gasteiger partial charge in [0.15, 0.2) is 0 Å². The van der Waals surface area contributed by atoms with E-state index in [0.29, 0.717) is 18.8 Å². The lowest BCUT2D eigenvalue weighted by Crippen LogP contribution is -3.11. The second-order valence-corrected chi connectivity index (χ2v) is 8.03. The summed E-state index contributed by atoms with van der Waals surface area (Å²) in [5.41, 5.74) is 2.87. The molecule has 1 atom stereocenters. The third kappa shape index (κ3) is 6.21. The largest absolute Gasteiger partial charge is 0.494 e. The average molecular weight is 426 g/mol. The van der Waals surface area contributed by atoms with Gasteiger partial charge in [-0.15, -0.1) is 0 Å². The molecule has 0 unspecified atom stereocenters. The van der Waals surface area contributed by atoms with Crippen molar-refractivity contribution in [3.05, 3.63) is 54.1 Å². The molecule has 3 rings (SSSR count). The van der Waals surface area contributed by atoms with Crippen LogP contribution in [0.4, 0.5) is 11.4 Å². The number of amides is 2. The van der Waals surface area contributed by atoms with Crippen molar-refractivity contribution in [1.82, 2.24) is 5.32 Å². The monoisotopic (exact) mass is 425 g/mol. The second kappa shape index (κ2) is 10.8. The second-order valence-electron chi connectivity index (χ2n) is 8.03. The van der Waals surface area contributed by atoms with Gasteiger partial charge in [-0.25, -0.2) is 0 Å². The fourth-order valence-electron chi connectivity index (χ4n) is 3.94. The summed E-state index contributed by atoms with van der Waals surface area (Å²) in [6, 6.07) is 15.5. The molecule has 3 N–H and O–H groups in total. The Morgan fingerprint density at radius 2 is 1.65 bits per heavy atom. The molecule has 166 valence electrons. The van der Waals surface area contributed by atoms with Gasteiger partial charge in [0.1, 0.15) is 11.8 Å². The summed E-state index contributed by atoms with van der Waals surface area (Å²) in [6.45, 7) is 5.06. The predicted molar refractivity (Wildman–Crippen MR) is 123 cm³/mol. The van der Waals surface area contributed by atoms with Crippen LogP contribution in [0.5, 0.6) is 5.75 Å². The van der Waals surface area contributed by atoms with Crippen molar-refractivity contribution >= 4 is 23.2 Å². The van der Waals surface area contributed by atoms with Gasteiger partial charge in [-0.1, -0.05) is 12.1 Å². The number of nitrogens with one attached hydrogen (secondary N) is 3. The molecule has 1 heterocycles. The van der Waals surface area contributed by atoms with Crippen LogP contribution in [-0.4, -0.2) is 52.2 Å². The molecule has 1 fully saturated rings. The normalized spacial score (nSPS) is 14.7. The molecule has 0 radical (unpaired) electrons. The highest BCUT2D eigenvalue weighted by Gasteiger charge is 2.28. The number of hydrogen-bond acceptors (Lipinski definition) is 4. The van der Waals surface area contributed by atoms with E-state index in [1.165, 1.54) is 23.3 Å². The Hall–Kier alpha value is -3.06. The molecule has 7 nitrogen and oxygen atoms in total. The summed E-state index contributed by atoms with van der Waals surface area (Å²) >= 11 is 0. The number of anilines is 2. The van der Waals surface area contributed by atoms with Crippen LogP contribution >= 0.6 is 0 Å². The minimum absolute atomic E-state index is 0.126. The van der Waals surface area contributed by atoms with Crippen molar-refractivity contribution in [3.8, 4) is 5.75 Å². The number of rotatable bonds is 8. The maximum atomic E-state index is 12.4. The highest BCUT2D eigenvalue weighted by atomic mass is 16.5. The van der Waals surface area contributed by atoms with E-state index in [2.05, 4.69) is 39.8 Å². The van der Waals surface area contributed by atoms with E-state index in [4.69, 9.17) is 4.74 Å². The maximum absolute atomic E-state index is 12.4. The van der Waals surface area contributed by atoms with Crippen molar-refractivity contribution in [1.29, 1.82) is 0 Å². The van der Waals surface area contributed by atoms with Gasteiger partial charge in [0.05, 0.1) is 26.2 Å². The molecular formula is C24H33N4O3+. The summed E-state index contributed by atoms with van der Waals surface area (Å²) in [5, 5.41) is 5.49. The zero-order chi connectivity index (χ0) is 22.2. The van der Waals surface area contributed by atoms with E-state index in [1.807, 2.05) is 21.0 Å². The number of carbonyl (C=O) groups excluding carboxylic acids is 2. The first-order valence-electron chi connectivity index (χ1n) is 10.9. The van der Waals surface area contributed by atoms with Gasteiger partial charge in [-0.05, 0) is 43.3 Å². The Morgan fingerprint density at radius 1 is 1.00 bits per heavy atom. The minimum Gasteiger partial charge on any atom is -0.494 e. The molecule has 1 saturated heterocycles. The zero-order valence-corrected chi connectivity index (χ0v) is 18.6. The first-order chi connectivity index (χ1) is 15.0. The fraction of sp³-hybridized carbons (Fsp3) is 0.417. The van der Waals surface area contributed by atoms with Crippen LogP contribution in [0, 0.1) is 0 Å². The van der Waals surface area contributed by atoms with E-state index in [9.17, 15) is 9.59 Å². The van der Waals surface area contributed by atoms with Crippen molar-refractivity contribution in [2.24, 2.45) is 0 Å². The van der Waals surface area contributed by atoms with Crippen LogP contribution in [0.15, 0.2) is 48.5 Å². The average Bonchev–Trinajstić information content (AvgIpc) is 3.30. The molecule has 2 amide bonds. The van der Waals surface area contributed by atoms with Gasteiger partial charge in [-0.2, -0.15) is 0 Å². The molecule has 7 heteroatoms. The molecule has 0 aromatic heterocycles. The predicted octanol–water partition coefficient (Wildman–Crippen LogP) is 1.63. The SMILES string of the molecule is CCOc1ccc(NC(=O)C(=O)NC[C@@H](c2ccc(N(C)C)cc2)[NH+]2CCCC2)cc1.